The molecule has 38 heavy (non-hydrogen) atoms. The fourth-order valence-corrected chi connectivity index (χ4v) is 5.28. The van der Waals surface area contributed by atoms with E-state index in [1.807, 2.05) is 37.4 Å². The van der Waals surface area contributed by atoms with Crippen LogP contribution in [0.2, 0.25) is 0 Å². The minimum absolute atomic E-state index is 0.00821. The molecule has 5 rings (SSSR count). The predicted octanol–water partition coefficient (Wildman–Crippen LogP) is 7.04. The molecule has 0 saturated heterocycles. The Bertz CT molecular complexity index is 1230. The molecule has 0 radical (unpaired) electrons. The Hall–Kier alpha value is -3.36. The maximum Gasteiger partial charge on any atom is 0.417 e. The number of halogens is 3. The lowest BCUT2D eigenvalue weighted by atomic mass is 9.80. The van der Waals surface area contributed by atoms with Crippen LogP contribution in [0.4, 0.5) is 18.9 Å². The number of alkyl halides is 3. The molecule has 2 aliphatic rings. The van der Waals surface area contributed by atoms with E-state index in [0.717, 1.165) is 61.3 Å². The quantitative estimate of drug-likeness (QED) is 0.314. The highest BCUT2D eigenvalue weighted by Crippen LogP contribution is 2.46. The zero-order chi connectivity index (χ0) is 26.7. The fraction of sp³-hybridized carbons (Fsp3) is 0.483. The first kappa shape index (κ1) is 26.3. The van der Waals surface area contributed by atoms with Crippen molar-refractivity contribution in [3.63, 3.8) is 0 Å². The van der Waals surface area contributed by atoms with Gasteiger partial charge in [-0.3, -0.25) is 4.79 Å². The van der Waals surface area contributed by atoms with Crippen LogP contribution in [0.1, 0.15) is 97.4 Å². The molecule has 2 saturated carbocycles. The number of aromatic nitrogens is 3. The summed E-state index contributed by atoms with van der Waals surface area (Å²) in [5.74, 6) is 1.06. The van der Waals surface area contributed by atoms with Crippen LogP contribution < -0.4 is 10.6 Å². The smallest absolute Gasteiger partial charge is 0.378 e. The first-order valence-corrected chi connectivity index (χ1v) is 13.6. The molecule has 2 aliphatic carbocycles. The summed E-state index contributed by atoms with van der Waals surface area (Å²) < 4.78 is 40.8. The van der Waals surface area contributed by atoms with Gasteiger partial charge in [0.05, 0.1) is 17.3 Å². The number of amides is 1. The van der Waals surface area contributed by atoms with Gasteiger partial charge in [0, 0.05) is 41.7 Å². The van der Waals surface area contributed by atoms with E-state index >= 15 is 0 Å². The highest BCUT2D eigenvalue weighted by atomic mass is 19.4. The first-order chi connectivity index (χ1) is 18.3. The number of anilines is 1. The predicted molar refractivity (Wildman–Crippen MR) is 140 cm³/mol. The lowest BCUT2D eigenvalue weighted by molar-refractivity contribution is -0.137. The average molecular weight is 526 g/mol. The maximum atomic E-state index is 13.1. The van der Waals surface area contributed by atoms with E-state index < -0.39 is 11.7 Å². The van der Waals surface area contributed by atoms with Gasteiger partial charge in [-0.15, -0.1) is 0 Å². The van der Waals surface area contributed by atoms with Crippen LogP contribution in [0.15, 0.2) is 48.8 Å². The third-order valence-electron chi connectivity index (χ3n) is 7.51. The summed E-state index contributed by atoms with van der Waals surface area (Å²) in [5, 5.41) is 11.5. The van der Waals surface area contributed by atoms with Crippen molar-refractivity contribution in [2.75, 3.05) is 11.9 Å². The van der Waals surface area contributed by atoms with E-state index in [9.17, 15) is 18.0 Å². The maximum absolute atomic E-state index is 13.1. The van der Waals surface area contributed by atoms with Crippen molar-refractivity contribution in [3.8, 4) is 5.82 Å². The van der Waals surface area contributed by atoms with E-state index in [4.69, 9.17) is 5.10 Å². The Balaban J connectivity index is 1.44. The molecule has 202 valence electrons. The summed E-state index contributed by atoms with van der Waals surface area (Å²) in [4.78, 5) is 16.4. The third-order valence-corrected chi connectivity index (χ3v) is 7.51. The molecule has 2 fully saturated rings. The van der Waals surface area contributed by atoms with Gasteiger partial charge in [-0.1, -0.05) is 26.2 Å². The topological polar surface area (TPSA) is 71.8 Å². The summed E-state index contributed by atoms with van der Waals surface area (Å²) in [6.07, 6.45) is 7.16. The molecule has 6 nitrogen and oxygen atoms in total. The number of carbonyl (C=O) groups excluding carboxylic acids is 1. The van der Waals surface area contributed by atoms with Gasteiger partial charge in [0.15, 0.2) is 5.82 Å². The Labute approximate surface area is 221 Å². The monoisotopic (exact) mass is 525 g/mol. The van der Waals surface area contributed by atoms with Crippen LogP contribution in [0.5, 0.6) is 0 Å². The Morgan fingerprint density at radius 2 is 1.79 bits per heavy atom. The van der Waals surface area contributed by atoms with Crippen molar-refractivity contribution in [2.45, 2.75) is 76.4 Å². The zero-order valence-electron chi connectivity index (χ0n) is 21.6. The summed E-state index contributed by atoms with van der Waals surface area (Å²) in [6, 6.07) is 9.99. The lowest BCUT2D eigenvalue weighted by Gasteiger charge is -2.32. The molecular formula is C29H34F3N5O. The number of pyridine rings is 1. The van der Waals surface area contributed by atoms with Gasteiger partial charge >= 0.3 is 6.18 Å². The van der Waals surface area contributed by atoms with Gasteiger partial charge in [-0.25, -0.2) is 9.67 Å². The average Bonchev–Trinajstić information content (AvgIpc) is 3.69. The van der Waals surface area contributed by atoms with Crippen LogP contribution in [0, 0.1) is 5.92 Å². The van der Waals surface area contributed by atoms with Crippen molar-refractivity contribution >= 4 is 11.6 Å². The summed E-state index contributed by atoms with van der Waals surface area (Å²) in [6.45, 7) is 2.66. The molecule has 2 N–H and O–H groups in total. The van der Waals surface area contributed by atoms with Gasteiger partial charge in [-0.05, 0) is 74.4 Å². The molecule has 1 aromatic carbocycles. The van der Waals surface area contributed by atoms with E-state index in [2.05, 4.69) is 15.6 Å². The number of benzene rings is 1. The van der Waals surface area contributed by atoms with Crippen LogP contribution in [-0.4, -0.2) is 27.2 Å². The Kier molecular flexibility index (Phi) is 7.72. The highest BCUT2D eigenvalue weighted by Gasteiger charge is 2.36. The van der Waals surface area contributed by atoms with Crippen molar-refractivity contribution in [2.24, 2.45) is 5.92 Å². The highest BCUT2D eigenvalue weighted by molar-refractivity contribution is 5.94. The molecule has 9 heteroatoms. The second-order valence-corrected chi connectivity index (χ2v) is 10.4. The molecule has 0 aliphatic heterocycles. The number of carbonyl (C=O) groups is 1. The third kappa shape index (κ3) is 6.03. The van der Waals surface area contributed by atoms with Crippen LogP contribution in [0.3, 0.4) is 0 Å². The van der Waals surface area contributed by atoms with Crippen LogP contribution >= 0.6 is 0 Å². The lowest BCUT2D eigenvalue weighted by Crippen LogP contribution is -2.25. The number of nitrogens with one attached hydrogen (secondary N) is 2. The molecule has 1 unspecified atom stereocenters. The fourth-order valence-electron chi connectivity index (χ4n) is 5.28. The molecule has 1 atom stereocenters. The van der Waals surface area contributed by atoms with Crippen molar-refractivity contribution in [1.29, 1.82) is 0 Å². The number of nitrogens with zero attached hydrogens (tertiary/aromatic N) is 3. The Morgan fingerprint density at radius 3 is 2.39 bits per heavy atom. The van der Waals surface area contributed by atoms with Gasteiger partial charge in [0.25, 0.3) is 5.91 Å². The van der Waals surface area contributed by atoms with E-state index in [0.29, 0.717) is 29.8 Å². The summed E-state index contributed by atoms with van der Waals surface area (Å²) in [5.41, 5.74) is 2.87. The zero-order valence-corrected chi connectivity index (χ0v) is 21.6. The van der Waals surface area contributed by atoms with Crippen molar-refractivity contribution < 1.29 is 18.0 Å². The summed E-state index contributed by atoms with van der Waals surface area (Å²) in [7, 11) is 0. The largest absolute Gasteiger partial charge is 0.417 e. The van der Waals surface area contributed by atoms with Gasteiger partial charge < -0.3 is 10.6 Å². The van der Waals surface area contributed by atoms with Crippen molar-refractivity contribution in [1.82, 2.24) is 20.1 Å². The van der Waals surface area contributed by atoms with Gasteiger partial charge in [0.1, 0.15) is 0 Å². The molecule has 2 heterocycles. The Morgan fingerprint density at radius 1 is 1.05 bits per heavy atom. The van der Waals surface area contributed by atoms with Crippen molar-refractivity contribution in [3.05, 3.63) is 71.2 Å². The van der Waals surface area contributed by atoms with Crippen LogP contribution in [0.25, 0.3) is 5.82 Å². The second kappa shape index (κ2) is 11.2. The summed E-state index contributed by atoms with van der Waals surface area (Å²) >= 11 is 0. The second-order valence-electron chi connectivity index (χ2n) is 10.4. The molecule has 2 aromatic heterocycles. The number of hydrogen-bond donors (Lipinski definition) is 2. The molecule has 1 amide bonds. The van der Waals surface area contributed by atoms with E-state index in [-0.39, 0.29) is 11.9 Å². The number of rotatable bonds is 9. The molecule has 0 spiro atoms. The number of hydrogen-bond acceptors (Lipinski definition) is 4. The van der Waals surface area contributed by atoms with Crippen LogP contribution in [-0.2, 0) is 6.18 Å². The minimum Gasteiger partial charge on any atom is -0.378 e. The first-order valence-electron chi connectivity index (χ1n) is 13.6. The molecular weight excluding hydrogens is 491 g/mol. The SMILES string of the molecule is CCCNC(=O)c1ccc(NC(c2cn(-c3ccc(C(F)(F)F)cn3)nc2C2CC2)C2CCCCC2)cc1. The van der Waals surface area contributed by atoms with E-state index in [1.165, 1.54) is 25.3 Å². The van der Waals surface area contributed by atoms with Gasteiger partial charge in [-0.2, -0.15) is 18.3 Å². The minimum atomic E-state index is -4.43. The van der Waals surface area contributed by atoms with E-state index in [1.54, 1.807) is 4.68 Å². The molecule has 0 bridgehead atoms. The van der Waals surface area contributed by atoms with Gasteiger partial charge in [0.2, 0.25) is 0 Å². The standard InChI is InChI=1S/C29H34F3N5O/c1-2-16-33-28(38)21-10-13-23(14-11-21)35-26(19-6-4-3-5-7-19)24-18-37(36-27(24)20-8-9-20)25-15-12-22(17-34-25)29(30,31)32/h10-15,17-20,26,35H,2-9,16H2,1H3,(H,33,38). The normalized spacial score (nSPS) is 17.3. The molecule has 3 aromatic rings.